The van der Waals surface area contributed by atoms with Gasteiger partial charge in [0.2, 0.25) is 0 Å². The highest BCUT2D eigenvalue weighted by atomic mass is 19.1. The maximum atomic E-state index is 12.9. The zero-order valence-electron chi connectivity index (χ0n) is 6.84. The number of hydrogen-bond acceptors (Lipinski definition) is 2. The van der Waals surface area contributed by atoms with Crippen LogP contribution in [0.5, 0.6) is 0 Å². The molecule has 0 bridgehead atoms. The van der Waals surface area contributed by atoms with Gasteiger partial charge in [0.15, 0.2) is 6.29 Å². The lowest BCUT2D eigenvalue weighted by Gasteiger charge is -1.96. The molecular formula is C10H3F2NO. The van der Waals surface area contributed by atoms with Crippen molar-refractivity contribution in [1.82, 2.24) is 0 Å². The molecule has 0 atom stereocenters. The SMILES string of the molecule is N#Cc1c(F)cc(C#CC=O)cc1F. The Morgan fingerprint density at radius 1 is 1.29 bits per heavy atom. The van der Waals surface area contributed by atoms with E-state index in [0.29, 0.717) is 6.29 Å². The summed E-state index contributed by atoms with van der Waals surface area (Å²) in [5.74, 6) is 2.26. The van der Waals surface area contributed by atoms with Crippen molar-refractivity contribution in [3.05, 3.63) is 34.9 Å². The third-order valence-corrected chi connectivity index (χ3v) is 1.43. The number of benzene rings is 1. The Bertz CT molecular complexity index is 454. The Labute approximate surface area is 78.8 Å². The first kappa shape index (κ1) is 9.88. The van der Waals surface area contributed by atoms with E-state index in [1.807, 2.05) is 5.92 Å². The minimum atomic E-state index is -0.984. The molecule has 0 fully saturated rings. The summed E-state index contributed by atoms with van der Waals surface area (Å²) in [6, 6.07) is 3.18. The summed E-state index contributed by atoms with van der Waals surface area (Å²) >= 11 is 0. The summed E-state index contributed by atoms with van der Waals surface area (Å²) < 4.78 is 25.8. The molecule has 0 aromatic heterocycles. The van der Waals surface area contributed by atoms with Crippen LogP contribution in [0.1, 0.15) is 11.1 Å². The minimum Gasteiger partial charge on any atom is -0.289 e. The minimum absolute atomic E-state index is 0.0195. The number of carbonyl (C=O) groups excluding carboxylic acids is 1. The van der Waals surface area contributed by atoms with Crippen LogP contribution < -0.4 is 0 Å². The number of aldehydes is 1. The molecule has 14 heavy (non-hydrogen) atoms. The molecule has 0 heterocycles. The van der Waals surface area contributed by atoms with Crippen LogP contribution in [0.15, 0.2) is 12.1 Å². The van der Waals surface area contributed by atoms with Gasteiger partial charge in [-0.25, -0.2) is 8.78 Å². The van der Waals surface area contributed by atoms with Crippen LogP contribution in [0.4, 0.5) is 8.78 Å². The second-order valence-electron chi connectivity index (χ2n) is 2.31. The van der Waals surface area contributed by atoms with Crippen molar-refractivity contribution < 1.29 is 13.6 Å². The maximum absolute atomic E-state index is 12.9. The number of carbonyl (C=O) groups is 1. The van der Waals surface area contributed by atoms with Gasteiger partial charge in [0.1, 0.15) is 23.3 Å². The van der Waals surface area contributed by atoms with Gasteiger partial charge in [-0.15, -0.1) is 0 Å². The summed E-state index contributed by atoms with van der Waals surface area (Å²) in [7, 11) is 0. The van der Waals surface area contributed by atoms with Crippen LogP contribution >= 0.6 is 0 Å². The molecule has 0 aliphatic rings. The first-order chi connectivity index (χ1) is 6.69. The molecule has 0 amide bonds. The zero-order valence-corrected chi connectivity index (χ0v) is 6.84. The fourth-order valence-corrected chi connectivity index (χ4v) is 0.865. The molecule has 0 spiro atoms. The van der Waals surface area contributed by atoms with Gasteiger partial charge in [-0.2, -0.15) is 5.26 Å². The van der Waals surface area contributed by atoms with Crippen molar-refractivity contribution in [3.8, 4) is 17.9 Å². The Kier molecular flexibility index (Phi) is 2.93. The Hall–Kier alpha value is -2.20. The molecule has 0 N–H and O–H groups in total. The molecule has 0 aliphatic heterocycles. The highest BCUT2D eigenvalue weighted by molar-refractivity contribution is 5.74. The van der Waals surface area contributed by atoms with E-state index in [4.69, 9.17) is 5.26 Å². The molecule has 0 saturated carbocycles. The van der Waals surface area contributed by atoms with Crippen LogP contribution in [-0.4, -0.2) is 6.29 Å². The van der Waals surface area contributed by atoms with Crippen molar-refractivity contribution in [1.29, 1.82) is 5.26 Å². The molecule has 0 radical (unpaired) electrons. The molecule has 1 rings (SSSR count). The zero-order chi connectivity index (χ0) is 10.6. The molecule has 1 aromatic rings. The van der Waals surface area contributed by atoms with E-state index in [1.54, 1.807) is 0 Å². The summed E-state index contributed by atoms with van der Waals surface area (Å²) in [6.45, 7) is 0. The van der Waals surface area contributed by atoms with E-state index >= 15 is 0 Å². The Morgan fingerprint density at radius 2 is 1.86 bits per heavy atom. The molecule has 2 nitrogen and oxygen atoms in total. The van der Waals surface area contributed by atoms with E-state index in [9.17, 15) is 13.6 Å². The summed E-state index contributed by atoms with van der Waals surface area (Å²) in [5.41, 5.74) is -0.632. The normalized spacial score (nSPS) is 8.36. The highest BCUT2D eigenvalue weighted by Gasteiger charge is 2.09. The molecule has 68 valence electrons. The van der Waals surface area contributed by atoms with Gasteiger partial charge in [0, 0.05) is 5.56 Å². The van der Waals surface area contributed by atoms with E-state index in [0.717, 1.165) is 12.1 Å². The molecule has 0 saturated heterocycles. The standard InChI is InChI=1S/C10H3F2NO/c11-9-4-7(2-1-3-14)5-10(12)8(9)6-13/h3-5H. The van der Waals surface area contributed by atoms with Crippen LogP contribution in [-0.2, 0) is 4.79 Å². The van der Waals surface area contributed by atoms with Gasteiger partial charge in [0.25, 0.3) is 0 Å². The largest absolute Gasteiger partial charge is 0.289 e. The predicted octanol–water partition coefficient (Wildman–Crippen LogP) is 1.39. The van der Waals surface area contributed by atoms with Crippen molar-refractivity contribution >= 4 is 6.29 Å². The molecule has 0 unspecified atom stereocenters. The van der Waals surface area contributed by atoms with Crippen molar-refractivity contribution in [2.75, 3.05) is 0 Å². The van der Waals surface area contributed by atoms with E-state index in [-0.39, 0.29) is 5.56 Å². The molecule has 4 heteroatoms. The highest BCUT2D eigenvalue weighted by Crippen LogP contribution is 2.13. The van der Waals surface area contributed by atoms with Crippen LogP contribution in [0, 0.1) is 34.8 Å². The second-order valence-corrected chi connectivity index (χ2v) is 2.31. The molecule has 1 aromatic carbocycles. The third-order valence-electron chi connectivity index (χ3n) is 1.43. The lowest BCUT2D eigenvalue weighted by atomic mass is 10.1. The van der Waals surface area contributed by atoms with Crippen LogP contribution in [0.25, 0.3) is 0 Å². The summed E-state index contributed by atoms with van der Waals surface area (Å²) in [4.78, 5) is 9.86. The fraction of sp³-hybridized carbons (Fsp3) is 0. The average Bonchev–Trinajstić information content (AvgIpc) is 2.14. The molecular weight excluding hydrogens is 188 g/mol. The summed E-state index contributed by atoms with van der Waals surface area (Å²) in [6.07, 6.45) is 0.314. The second kappa shape index (κ2) is 4.15. The van der Waals surface area contributed by atoms with Crippen molar-refractivity contribution in [3.63, 3.8) is 0 Å². The smallest absolute Gasteiger partial charge is 0.193 e. The number of nitriles is 1. The number of nitrogens with zero attached hydrogens (tertiary/aromatic N) is 1. The van der Waals surface area contributed by atoms with E-state index in [2.05, 4.69) is 5.92 Å². The van der Waals surface area contributed by atoms with Gasteiger partial charge in [-0.1, -0.05) is 5.92 Å². The number of halogens is 2. The topological polar surface area (TPSA) is 40.9 Å². The number of hydrogen-bond donors (Lipinski definition) is 0. The number of rotatable bonds is 0. The van der Waals surface area contributed by atoms with Crippen molar-refractivity contribution in [2.24, 2.45) is 0 Å². The first-order valence-corrected chi connectivity index (χ1v) is 3.53. The van der Waals surface area contributed by atoms with Gasteiger partial charge in [0.05, 0.1) is 0 Å². The quantitative estimate of drug-likeness (QED) is 0.459. The molecule has 0 aliphatic carbocycles. The lowest BCUT2D eigenvalue weighted by molar-refractivity contribution is -0.103. The summed E-state index contributed by atoms with van der Waals surface area (Å²) in [5, 5.41) is 8.34. The maximum Gasteiger partial charge on any atom is 0.193 e. The fourth-order valence-electron chi connectivity index (χ4n) is 0.865. The van der Waals surface area contributed by atoms with Crippen molar-refractivity contribution in [2.45, 2.75) is 0 Å². The lowest BCUT2D eigenvalue weighted by Crippen LogP contribution is -1.91. The van der Waals surface area contributed by atoms with Crippen LogP contribution in [0.3, 0.4) is 0 Å². The van der Waals surface area contributed by atoms with E-state index < -0.39 is 17.2 Å². The Morgan fingerprint density at radius 3 is 2.29 bits per heavy atom. The van der Waals surface area contributed by atoms with Gasteiger partial charge in [-0.3, -0.25) is 4.79 Å². The third kappa shape index (κ3) is 1.94. The first-order valence-electron chi connectivity index (χ1n) is 3.53. The average molecular weight is 191 g/mol. The van der Waals surface area contributed by atoms with Gasteiger partial charge < -0.3 is 0 Å². The van der Waals surface area contributed by atoms with Gasteiger partial charge in [-0.05, 0) is 18.1 Å². The van der Waals surface area contributed by atoms with E-state index in [1.165, 1.54) is 6.07 Å². The Balaban J connectivity index is 3.29. The van der Waals surface area contributed by atoms with Gasteiger partial charge >= 0.3 is 0 Å². The van der Waals surface area contributed by atoms with Crippen LogP contribution in [0.2, 0.25) is 0 Å². The monoisotopic (exact) mass is 191 g/mol. The predicted molar refractivity (Wildman–Crippen MR) is 44.0 cm³/mol.